The highest BCUT2D eigenvalue weighted by atomic mass is 32.1. The zero-order valence-corrected chi connectivity index (χ0v) is 18.0. The van der Waals surface area contributed by atoms with Crippen LogP contribution in [0.3, 0.4) is 0 Å². The maximum absolute atomic E-state index is 12.8. The van der Waals surface area contributed by atoms with Gasteiger partial charge in [-0.25, -0.2) is 0 Å². The van der Waals surface area contributed by atoms with Crippen molar-refractivity contribution in [2.24, 2.45) is 0 Å². The highest BCUT2D eigenvalue weighted by Crippen LogP contribution is 2.32. The van der Waals surface area contributed by atoms with E-state index in [2.05, 4.69) is 20.6 Å². The van der Waals surface area contributed by atoms with E-state index < -0.39 is 10.8 Å². The summed E-state index contributed by atoms with van der Waals surface area (Å²) < 4.78 is 1.67. The lowest BCUT2D eigenvalue weighted by Crippen LogP contribution is -2.19. The smallest absolute Gasteiger partial charge is 0.293 e. The molecule has 0 unspecified atom stereocenters. The van der Waals surface area contributed by atoms with Gasteiger partial charge in [-0.3, -0.25) is 14.9 Å². The van der Waals surface area contributed by atoms with Gasteiger partial charge in [0, 0.05) is 36.0 Å². The highest BCUT2D eigenvalue weighted by molar-refractivity contribution is 7.19. The summed E-state index contributed by atoms with van der Waals surface area (Å²) in [5, 5.41) is 27.8. The van der Waals surface area contributed by atoms with Gasteiger partial charge in [-0.1, -0.05) is 23.5 Å². The molecule has 10 nitrogen and oxygen atoms in total. The third-order valence-corrected chi connectivity index (χ3v) is 6.34. The fourth-order valence-electron chi connectivity index (χ4n) is 3.80. The zero-order valence-electron chi connectivity index (χ0n) is 17.2. The first kappa shape index (κ1) is 20.1. The molecular weight excluding hydrogens is 430 g/mol. The fourth-order valence-corrected chi connectivity index (χ4v) is 4.68. The second kappa shape index (κ2) is 8.00. The van der Waals surface area contributed by atoms with E-state index in [1.165, 1.54) is 17.4 Å². The van der Waals surface area contributed by atoms with Gasteiger partial charge >= 0.3 is 0 Å². The van der Waals surface area contributed by atoms with E-state index in [4.69, 9.17) is 0 Å². The number of nitro benzene ring substituents is 1. The Kier molecular flexibility index (Phi) is 5.02. The lowest BCUT2D eigenvalue weighted by molar-refractivity contribution is -0.384. The summed E-state index contributed by atoms with van der Waals surface area (Å²) in [7, 11) is 0. The summed E-state index contributed by atoms with van der Waals surface area (Å²) in [5.74, 6) is 0.290. The van der Waals surface area contributed by atoms with Crippen molar-refractivity contribution >= 4 is 39.3 Å². The number of anilines is 2. The number of hydrogen-bond acceptors (Lipinski definition) is 8. The Labute approximate surface area is 186 Å². The van der Waals surface area contributed by atoms with Crippen molar-refractivity contribution in [1.82, 2.24) is 19.8 Å². The SMILES string of the molecule is Cc1nnc2sc(-c3cccc(NC(=O)c4ccc(N5CCCC5)c([N+](=O)[O-])c4)c3)nn12. The minimum absolute atomic E-state index is 0.0524. The Morgan fingerprint density at radius 2 is 1.97 bits per heavy atom. The molecule has 4 aromatic rings. The first-order valence-electron chi connectivity index (χ1n) is 10.1. The number of amides is 1. The molecule has 1 aliphatic heterocycles. The molecule has 1 amide bonds. The summed E-state index contributed by atoms with van der Waals surface area (Å²) in [6.07, 6.45) is 2.02. The quantitative estimate of drug-likeness (QED) is 0.362. The minimum atomic E-state index is -0.430. The second-order valence-corrected chi connectivity index (χ2v) is 8.49. The molecular formula is C21H19N7O3S. The van der Waals surface area contributed by atoms with Crippen LogP contribution in [0.5, 0.6) is 0 Å². The molecule has 3 heterocycles. The average molecular weight is 449 g/mol. The molecule has 0 aliphatic carbocycles. The third-order valence-electron chi connectivity index (χ3n) is 5.40. The van der Waals surface area contributed by atoms with Gasteiger partial charge in [0.1, 0.15) is 10.7 Å². The van der Waals surface area contributed by atoms with E-state index in [9.17, 15) is 14.9 Å². The van der Waals surface area contributed by atoms with Crippen LogP contribution < -0.4 is 10.2 Å². The lowest BCUT2D eigenvalue weighted by atomic mass is 10.1. The first-order chi connectivity index (χ1) is 15.5. The number of benzene rings is 2. The van der Waals surface area contributed by atoms with Crippen molar-refractivity contribution in [3.8, 4) is 10.6 Å². The van der Waals surface area contributed by atoms with E-state index in [-0.39, 0.29) is 11.3 Å². The van der Waals surface area contributed by atoms with Crippen LogP contribution in [0.4, 0.5) is 17.1 Å². The molecule has 0 atom stereocenters. The predicted octanol–water partition coefficient (Wildman–Crippen LogP) is 3.92. The largest absolute Gasteiger partial charge is 0.366 e. The molecule has 0 spiro atoms. The Morgan fingerprint density at radius 3 is 2.72 bits per heavy atom. The lowest BCUT2D eigenvalue weighted by Gasteiger charge is -2.17. The maximum Gasteiger partial charge on any atom is 0.293 e. The summed E-state index contributed by atoms with van der Waals surface area (Å²) in [6.45, 7) is 3.40. The number of hydrogen-bond donors (Lipinski definition) is 1. The second-order valence-electron chi connectivity index (χ2n) is 7.54. The van der Waals surface area contributed by atoms with E-state index in [1.807, 2.05) is 30.0 Å². The Hall–Kier alpha value is -3.86. The van der Waals surface area contributed by atoms with Crippen LogP contribution in [0.2, 0.25) is 0 Å². The van der Waals surface area contributed by atoms with Gasteiger partial charge in [-0.15, -0.1) is 10.2 Å². The van der Waals surface area contributed by atoms with Crippen molar-refractivity contribution in [2.75, 3.05) is 23.3 Å². The summed E-state index contributed by atoms with van der Waals surface area (Å²) in [6, 6.07) is 11.9. The van der Waals surface area contributed by atoms with Gasteiger partial charge in [0.05, 0.1) is 4.92 Å². The number of rotatable bonds is 5. The number of aromatic nitrogens is 4. The monoisotopic (exact) mass is 449 g/mol. The van der Waals surface area contributed by atoms with E-state index in [0.29, 0.717) is 22.2 Å². The topological polar surface area (TPSA) is 119 Å². The van der Waals surface area contributed by atoms with Gasteiger partial charge in [-0.05, 0) is 44.0 Å². The Balaban J connectivity index is 1.39. The number of nitro groups is 1. The van der Waals surface area contributed by atoms with Gasteiger partial charge in [0.25, 0.3) is 11.6 Å². The Morgan fingerprint density at radius 1 is 1.16 bits per heavy atom. The number of nitrogens with one attached hydrogen (secondary N) is 1. The summed E-state index contributed by atoms with van der Waals surface area (Å²) >= 11 is 1.40. The fraction of sp³-hybridized carbons (Fsp3) is 0.238. The predicted molar refractivity (Wildman–Crippen MR) is 121 cm³/mol. The van der Waals surface area contributed by atoms with Crippen molar-refractivity contribution in [3.05, 3.63) is 64.0 Å². The number of aryl methyl sites for hydroxylation is 1. The van der Waals surface area contributed by atoms with Crippen LogP contribution in [0.15, 0.2) is 42.5 Å². The summed E-state index contributed by atoms with van der Waals surface area (Å²) in [4.78, 5) is 26.7. The van der Waals surface area contributed by atoms with Crippen LogP contribution >= 0.6 is 11.3 Å². The number of carbonyl (C=O) groups excluding carboxylic acids is 1. The molecule has 2 aromatic carbocycles. The molecule has 1 aliphatic rings. The molecule has 1 N–H and O–H groups in total. The van der Waals surface area contributed by atoms with Crippen molar-refractivity contribution < 1.29 is 9.72 Å². The summed E-state index contributed by atoms with van der Waals surface area (Å²) in [5.41, 5.74) is 2.14. The van der Waals surface area contributed by atoms with Crippen LogP contribution in [0.1, 0.15) is 29.0 Å². The maximum atomic E-state index is 12.8. The number of carbonyl (C=O) groups is 1. The zero-order chi connectivity index (χ0) is 22.2. The molecule has 1 fully saturated rings. The third kappa shape index (κ3) is 3.66. The molecule has 5 rings (SSSR count). The molecule has 1 saturated heterocycles. The van der Waals surface area contributed by atoms with Crippen LogP contribution in [0, 0.1) is 17.0 Å². The number of fused-ring (bicyclic) bond motifs is 1. The van der Waals surface area contributed by atoms with Gasteiger partial charge in [-0.2, -0.15) is 9.61 Å². The van der Waals surface area contributed by atoms with Gasteiger partial charge in [0.15, 0.2) is 5.82 Å². The Bertz CT molecular complexity index is 1340. The van der Waals surface area contributed by atoms with E-state index in [1.54, 1.807) is 22.7 Å². The van der Waals surface area contributed by atoms with Crippen molar-refractivity contribution in [3.63, 3.8) is 0 Å². The molecule has 0 bridgehead atoms. The molecule has 0 saturated carbocycles. The van der Waals surface area contributed by atoms with Crippen LogP contribution in [0.25, 0.3) is 15.5 Å². The number of nitrogens with zero attached hydrogens (tertiary/aromatic N) is 6. The standard InChI is InChI=1S/C21H19N7O3S/c1-13-23-24-21-27(13)25-20(32-21)15-5-4-6-16(11-15)22-19(29)14-7-8-17(18(12-14)28(30)31)26-9-2-3-10-26/h4-8,11-12H,2-3,9-10H2,1H3,(H,22,29). The molecule has 11 heteroatoms. The molecule has 2 aromatic heterocycles. The van der Waals surface area contributed by atoms with Crippen molar-refractivity contribution in [2.45, 2.75) is 19.8 Å². The minimum Gasteiger partial charge on any atom is -0.366 e. The first-order valence-corrected chi connectivity index (χ1v) is 11.0. The van der Waals surface area contributed by atoms with Gasteiger partial charge in [0.2, 0.25) is 4.96 Å². The molecule has 32 heavy (non-hydrogen) atoms. The average Bonchev–Trinajstić information content (AvgIpc) is 3.53. The van der Waals surface area contributed by atoms with Gasteiger partial charge < -0.3 is 10.2 Å². The van der Waals surface area contributed by atoms with E-state index >= 15 is 0 Å². The van der Waals surface area contributed by atoms with E-state index in [0.717, 1.165) is 36.5 Å². The van der Waals surface area contributed by atoms with Crippen LogP contribution in [-0.2, 0) is 0 Å². The highest BCUT2D eigenvalue weighted by Gasteiger charge is 2.24. The normalized spacial score (nSPS) is 13.6. The van der Waals surface area contributed by atoms with Crippen molar-refractivity contribution in [1.29, 1.82) is 0 Å². The molecule has 162 valence electrons. The van der Waals surface area contributed by atoms with Crippen LogP contribution in [-0.4, -0.2) is 43.7 Å². The molecule has 0 radical (unpaired) electrons.